The largest absolute Gasteiger partial charge is 0.493 e. The third kappa shape index (κ3) is 3.41. The van der Waals surface area contributed by atoms with Gasteiger partial charge in [0, 0.05) is 18.6 Å². The van der Waals surface area contributed by atoms with Crippen LogP contribution in [0.1, 0.15) is 44.1 Å². The maximum Gasteiger partial charge on any atom is 0.122 e. The summed E-state index contributed by atoms with van der Waals surface area (Å²) in [6, 6.07) is 9.06. The summed E-state index contributed by atoms with van der Waals surface area (Å²) < 4.78 is 11.6. The van der Waals surface area contributed by atoms with E-state index in [0.717, 1.165) is 38.5 Å². The van der Waals surface area contributed by atoms with Gasteiger partial charge >= 0.3 is 0 Å². The fourth-order valence-corrected chi connectivity index (χ4v) is 3.74. The van der Waals surface area contributed by atoms with Crippen LogP contribution < -0.4 is 10.1 Å². The molecule has 1 saturated heterocycles. The lowest BCUT2D eigenvalue weighted by Crippen LogP contribution is -2.45. The normalized spacial score (nSPS) is 26.7. The number of hydrogen-bond acceptors (Lipinski definition) is 3. The van der Waals surface area contributed by atoms with Crippen LogP contribution >= 0.6 is 0 Å². The van der Waals surface area contributed by atoms with Crippen LogP contribution in [0.4, 0.5) is 0 Å². The lowest BCUT2D eigenvalue weighted by Gasteiger charge is -2.39. The smallest absolute Gasteiger partial charge is 0.122 e. The first kappa shape index (κ1) is 14.9. The molecule has 3 atom stereocenters. The average molecular weight is 289 g/mol. The molecule has 2 aliphatic rings. The molecule has 2 heterocycles. The van der Waals surface area contributed by atoms with Crippen molar-refractivity contribution in [2.75, 3.05) is 26.4 Å². The van der Waals surface area contributed by atoms with Gasteiger partial charge in [0.15, 0.2) is 0 Å². The molecule has 0 saturated carbocycles. The number of nitrogens with one attached hydrogen (secondary N) is 1. The fraction of sp³-hybridized carbons (Fsp3) is 0.667. The Labute approximate surface area is 128 Å². The van der Waals surface area contributed by atoms with Crippen LogP contribution in [-0.2, 0) is 4.74 Å². The molecule has 2 aliphatic heterocycles. The topological polar surface area (TPSA) is 30.5 Å². The Balaban J connectivity index is 1.82. The van der Waals surface area contributed by atoms with Crippen molar-refractivity contribution in [3.05, 3.63) is 29.8 Å². The van der Waals surface area contributed by atoms with Crippen LogP contribution in [-0.4, -0.2) is 32.4 Å². The zero-order chi connectivity index (χ0) is 14.5. The fourth-order valence-electron chi connectivity index (χ4n) is 3.74. The summed E-state index contributed by atoms with van der Waals surface area (Å²) in [6.07, 6.45) is 4.75. The average Bonchev–Trinajstić information content (AvgIpc) is 2.56. The van der Waals surface area contributed by atoms with Gasteiger partial charge in [-0.15, -0.1) is 0 Å². The van der Waals surface area contributed by atoms with Gasteiger partial charge in [0.05, 0.1) is 13.2 Å². The highest BCUT2D eigenvalue weighted by Crippen LogP contribution is 2.39. The number of para-hydroxylation sites is 1. The minimum Gasteiger partial charge on any atom is -0.493 e. The number of hydrogen-bond donors (Lipinski definition) is 1. The molecular formula is C18H27NO2. The zero-order valence-electron chi connectivity index (χ0n) is 13.0. The second kappa shape index (κ2) is 7.28. The van der Waals surface area contributed by atoms with Crippen molar-refractivity contribution in [1.82, 2.24) is 5.32 Å². The van der Waals surface area contributed by atoms with E-state index in [1.807, 2.05) is 0 Å². The van der Waals surface area contributed by atoms with Gasteiger partial charge in [0.25, 0.3) is 0 Å². The minimum atomic E-state index is 0.510. The molecule has 0 radical (unpaired) electrons. The standard InChI is InChI=1S/C18H27NO2/c1-2-10-19-18(14-6-5-11-20-13-14)16-9-12-21-17-8-4-3-7-15(16)17/h3-4,7-8,14,16,18-19H,2,5-6,9-13H2,1H3. The van der Waals surface area contributed by atoms with E-state index in [0.29, 0.717) is 17.9 Å². The Morgan fingerprint density at radius 2 is 2.14 bits per heavy atom. The minimum absolute atomic E-state index is 0.510. The first-order chi connectivity index (χ1) is 10.4. The van der Waals surface area contributed by atoms with Crippen molar-refractivity contribution < 1.29 is 9.47 Å². The SMILES string of the molecule is CCCNC(C1CCCOC1)C1CCOc2ccccc21. The molecule has 3 unspecified atom stereocenters. The Hall–Kier alpha value is -1.06. The molecule has 1 aromatic rings. The Morgan fingerprint density at radius 1 is 1.24 bits per heavy atom. The van der Waals surface area contributed by atoms with Gasteiger partial charge in [0.1, 0.15) is 5.75 Å². The number of fused-ring (bicyclic) bond motifs is 1. The first-order valence-electron chi connectivity index (χ1n) is 8.43. The van der Waals surface area contributed by atoms with Crippen LogP contribution in [0, 0.1) is 5.92 Å². The second-order valence-electron chi connectivity index (χ2n) is 6.24. The highest BCUT2D eigenvalue weighted by Gasteiger charge is 2.34. The van der Waals surface area contributed by atoms with Crippen molar-refractivity contribution in [3.8, 4) is 5.75 Å². The zero-order valence-corrected chi connectivity index (χ0v) is 13.0. The number of benzene rings is 1. The molecule has 3 heteroatoms. The molecule has 1 aromatic carbocycles. The molecule has 21 heavy (non-hydrogen) atoms. The van der Waals surface area contributed by atoms with Crippen LogP contribution in [0.3, 0.4) is 0 Å². The van der Waals surface area contributed by atoms with Gasteiger partial charge in [-0.3, -0.25) is 0 Å². The molecule has 1 N–H and O–H groups in total. The van der Waals surface area contributed by atoms with Crippen molar-refractivity contribution in [2.24, 2.45) is 5.92 Å². The molecule has 0 bridgehead atoms. The van der Waals surface area contributed by atoms with Gasteiger partial charge in [-0.2, -0.15) is 0 Å². The second-order valence-corrected chi connectivity index (χ2v) is 6.24. The summed E-state index contributed by atoms with van der Waals surface area (Å²) in [5.74, 6) is 2.25. The predicted octanol–water partition coefficient (Wildman–Crippen LogP) is 3.35. The van der Waals surface area contributed by atoms with E-state index in [2.05, 4.69) is 36.5 Å². The molecule has 0 aliphatic carbocycles. The van der Waals surface area contributed by atoms with Crippen molar-refractivity contribution >= 4 is 0 Å². The van der Waals surface area contributed by atoms with Gasteiger partial charge in [-0.05, 0) is 49.8 Å². The molecule has 3 nitrogen and oxygen atoms in total. The van der Waals surface area contributed by atoms with Gasteiger partial charge < -0.3 is 14.8 Å². The van der Waals surface area contributed by atoms with E-state index in [-0.39, 0.29) is 0 Å². The Kier molecular flexibility index (Phi) is 5.15. The van der Waals surface area contributed by atoms with Gasteiger partial charge in [-0.25, -0.2) is 0 Å². The molecule has 0 spiro atoms. The van der Waals surface area contributed by atoms with E-state index < -0.39 is 0 Å². The van der Waals surface area contributed by atoms with Crippen LogP contribution in [0.15, 0.2) is 24.3 Å². The maximum atomic E-state index is 5.84. The van der Waals surface area contributed by atoms with Gasteiger partial charge in [-0.1, -0.05) is 25.1 Å². The number of ether oxygens (including phenoxy) is 2. The van der Waals surface area contributed by atoms with E-state index in [1.54, 1.807) is 0 Å². The van der Waals surface area contributed by atoms with E-state index in [9.17, 15) is 0 Å². The van der Waals surface area contributed by atoms with Crippen molar-refractivity contribution in [2.45, 2.75) is 44.6 Å². The third-order valence-electron chi connectivity index (χ3n) is 4.77. The molecule has 0 amide bonds. The van der Waals surface area contributed by atoms with Crippen molar-refractivity contribution in [3.63, 3.8) is 0 Å². The van der Waals surface area contributed by atoms with Crippen LogP contribution in [0.2, 0.25) is 0 Å². The van der Waals surface area contributed by atoms with Gasteiger partial charge in [0.2, 0.25) is 0 Å². The van der Waals surface area contributed by atoms with Crippen LogP contribution in [0.5, 0.6) is 5.75 Å². The number of rotatable bonds is 5. The molecule has 3 rings (SSSR count). The predicted molar refractivity (Wildman–Crippen MR) is 84.9 cm³/mol. The Bertz CT molecular complexity index is 443. The lowest BCUT2D eigenvalue weighted by atomic mass is 9.78. The molecular weight excluding hydrogens is 262 g/mol. The van der Waals surface area contributed by atoms with Crippen LogP contribution in [0.25, 0.3) is 0 Å². The summed E-state index contributed by atoms with van der Waals surface area (Å²) >= 11 is 0. The molecule has 0 aromatic heterocycles. The first-order valence-corrected chi connectivity index (χ1v) is 8.43. The third-order valence-corrected chi connectivity index (χ3v) is 4.77. The van der Waals surface area contributed by atoms with E-state index >= 15 is 0 Å². The maximum absolute atomic E-state index is 5.84. The summed E-state index contributed by atoms with van der Waals surface area (Å²) in [5, 5.41) is 3.81. The van der Waals surface area contributed by atoms with E-state index in [4.69, 9.17) is 9.47 Å². The summed E-state index contributed by atoms with van der Waals surface area (Å²) in [7, 11) is 0. The highest BCUT2D eigenvalue weighted by atomic mass is 16.5. The van der Waals surface area contributed by atoms with Crippen molar-refractivity contribution in [1.29, 1.82) is 0 Å². The molecule has 1 fully saturated rings. The summed E-state index contributed by atoms with van der Waals surface area (Å²) in [4.78, 5) is 0. The Morgan fingerprint density at radius 3 is 2.95 bits per heavy atom. The monoisotopic (exact) mass is 289 g/mol. The highest BCUT2D eigenvalue weighted by molar-refractivity contribution is 5.38. The summed E-state index contributed by atoms with van der Waals surface area (Å²) in [5.41, 5.74) is 1.38. The lowest BCUT2D eigenvalue weighted by molar-refractivity contribution is 0.0319. The quantitative estimate of drug-likeness (QED) is 0.901. The van der Waals surface area contributed by atoms with E-state index in [1.165, 1.54) is 24.8 Å². The summed E-state index contributed by atoms with van der Waals surface area (Å²) in [6.45, 7) is 5.99. The molecule has 116 valence electrons.